The van der Waals surface area contributed by atoms with Gasteiger partial charge in [0.25, 0.3) is 0 Å². The molecule has 0 amide bonds. The van der Waals surface area contributed by atoms with Crippen LogP contribution in [0.25, 0.3) is 0 Å². The molecule has 0 aromatic rings. The third-order valence-corrected chi connectivity index (χ3v) is 5.28. The molecular formula is C12H26Sn. The van der Waals surface area contributed by atoms with Gasteiger partial charge < -0.3 is 0 Å². The zero-order chi connectivity index (χ0) is 10.2. The Balaban J connectivity index is 3.84. The predicted octanol–water partition coefficient (Wildman–Crippen LogP) is 4.23. The third kappa shape index (κ3) is 6.81. The van der Waals surface area contributed by atoms with Gasteiger partial charge in [-0.2, -0.15) is 0 Å². The van der Waals surface area contributed by atoms with Gasteiger partial charge in [-0.1, -0.05) is 0 Å². The molecule has 0 aliphatic heterocycles. The Hall–Kier alpha value is 0.799. The van der Waals surface area contributed by atoms with Gasteiger partial charge >= 0.3 is 98.1 Å². The van der Waals surface area contributed by atoms with Crippen molar-refractivity contribution in [3.63, 3.8) is 0 Å². The molecule has 0 bridgehead atoms. The number of hydrogen-bond acceptors (Lipinski definition) is 0. The van der Waals surface area contributed by atoms with Gasteiger partial charge in [-0.05, 0) is 0 Å². The molecule has 1 heteroatoms. The fraction of sp³-hybridized carbons (Fsp3) is 1.00. The van der Waals surface area contributed by atoms with Gasteiger partial charge in [0.2, 0.25) is 0 Å². The van der Waals surface area contributed by atoms with Gasteiger partial charge in [-0.3, -0.25) is 0 Å². The first-order valence-corrected chi connectivity index (χ1v) is 7.62. The van der Waals surface area contributed by atoms with Crippen LogP contribution in [0.3, 0.4) is 0 Å². The fourth-order valence-corrected chi connectivity index (χ4v) is 3.92. The van der Waals surface area contributed by atoms with E-state index in [0.29, 0.717) is 0 Å². The molecule has 0 fully saturated rings. The van der Waals surface area contributed by atoms with E-state index >= 15 is 0 Å². The summed E-state index contributed by atoms with van der Waals surface area (Å²) in [5.74, 6) is 0. The van der Waals surface area contributed by atoms with E-state index in [1.807, 2.05) is 0 Å². The molecule has 0 atom stereocenters. The number of rotatable bonds is 8. The summed E-state index contributed by atoms with van der Waals surface area (Å²) in [5.41, 5.74) is 0. The van der Waals surface area contributed by atoms with E-state index in [4.69, 9.17) is 0 Å². The van der Waals surface area contributed by atoms with E-state index in [2.05, 4.69) is 20.8 Å². The summed E-state index contributed by atoms with van der Waals surface area (Å²) in [6.07, 6.45) is 11.5. The van der Waals surface area contributed by atoms with Crippen molar-refractivity contribution in [2.24, 2.45) is 0 Å². The van der Waals surface area contributed by atoms with Crippen molar-refractivity contribution >= 4 is 22.5 Å². The summed E-state index contributed by atoms with van der Waals surface area (Å²) in [4.78, 5) is 0. The Morgan fingerprint density at radius 2 is 1.23 bits per heavy atom. The van der Waals surface area contributed by atoms with Gasteiger partial charge in [0.15, 0.2) is 0 Å². The van der Waals surface area contributed by atoms with Crippen LogP contribution in [0.15, 0.2) is 0 Å². The minimum absolute atomic E-state index is 0.784. The quantitative estimate of drug-likeness (QED) is 0.587. The van der Waals surface area contributed by atoms with Gasteiger partial charge in [-0.25, -0.2) is 0 Å². The van der Waals surface area contributed by atoms with Crippen molar-refractivity contribution in [2.75, 3.05) is 0 Å². The molecule has 0 unspecified atom stereocenters. The Bertz CT molecular complexity index is 102. The van der Waals surface area contributed by atoms with Crippen molar-refractivity contribution in [1.29, 1.82) is 0 Å². The molecule has 0 saturated heterocycles. The summed E-state index contributed by atoms with van der Waals surface area (Å²) in [7, 11) is 0. The normalized spacial score (nSPS) is 12.0. The van der Waals surface area contributed by atoms with E-state index in [9.17, 15) is 0 Å². The number of hydrogen-bond donors (Lipinski definition) is 0. The van der Waals surface area contributed by atoms with Gasteiger partial charge in [0, 0.05) is 0 Å². The van der Waals surface area contributed by atoms with Crippen LogP contribution in [0, 0.1) is 0 Å². The molecule has 78 valence electrons. The van der Waals surface area contributed by atoms with Crippen LogP contribution >= 0.6 is 0 Å². The third-order valence-electron chi connectivity index (χ3n) is 2.80. The Kier molecular flexibility index (Phi) is 8.64. The zero-order valence-electron chi connectivity index (χ0n) is 9.73. The van der Waals surface area contributed by atoms with Crippen LogP contribution in [0.1, 0.15) is 72.1 Å². The first kappa shape index (κ1) is 13.8. The predicted molar refractivity (Wildman–Crippen MR) is 63.8 cm³/mol. The minimum atomic E-state index is 0.784. The topological polar surface area (TPSA) is 0 Å². The van der Waals surface area contributed by atoms with Gasteiger partial charge in [0.05, 0.1) is 0 Å². The van der Waals surface area contributed by atoms with Crippen LogP contribution in [0.2, 0.25) is 3.43 Å². The van der Waals surface area contributed by atoms with Crippen molar-refractivity contribution < 1.29 is 0 Å². The van der Waals surface area contributed by atoms with Crippen LogP contribution in [-0.2, 0) is 0 Å². The molecular weight excluding hydrogens is 263 g/mol. The molecule has 0 rings (SSSR count). The SMILES string of the molecule is CCCC[C]([SnH])(CCC)CCCC. The van der Waals surface area contributed by atoms with Gasteiger partial charge in [0.1, 0.15) is 0 Å². The zero-order valence-corrected chi connectivity index (χ0v) is 13.0. The maximum absolute atomic E-state index is 2.34. The van der Waals surface area contributed by atoms with E-state index < -0.39 is 0 Å². The molecule has 0 nitrogen and oxygen atoms in total. The van der Waals surface area contributed by atoms with Crippen molar-refractivity contribution in [2.45, 2.75) is 75.6 Å². The summed E-state index contributed by atoms with van der Waals surface area (Å²) < 4.78 is 0.784. The second kappa shape index (κ2) is 8.14. The average Bonchev–Trinajstić information content (AvgIpc) is 2.12. The first-order valence-electron chi connectivity index (χ1n) is 5.97. The molecule has 0 aliphatic rings. The Labute approximate surface area is 98.0 Å². The fourth-order valence-electron chi connectivity index (χ4n) is 1.93. The first-order chi connectivity index (χ1) is 6.18. The molecule has 13 heavy (non-hydrogen) atoms. The summed E-state index contributed by atoms with van der Waals surface area (Å²) in [6, 6.07) is 0. The molecule has 0 aromatic heterocycles. The van der Waals surface area contributed by atoms with Crippen LogP contribution in [-0.4, -0.2) is 22.5 Å². The van der Waals surface area contributed by atoms with Crippen molar-refractivity contribution in [3.8, 4) is 0 Å². The van der Waals surface area contributed by atoms with Crippen LogP contribution < -0.4 is 0 Å². The Morgan fingerprint density at radius 1 is 0.769 bits per heavy atom. The second-order valence-corrected chi connectivity index (χ2v) is 7.82. The summed E-state index contributed by atoms with van der Waals surface area (Å²) in [6.45, 7) is 6.96. The average molecular weight is 289 g/mol. The molecule has 2 radical (unpaired) electrons. The molecule has 0 spiro atoms. The molecule has 0 saturated carbocycles. The molecule has 0 aromatic carbocycles. The van der Waals surface area contributed by atoms with E-state index in [1.165, 1.54) is 73.9 Å². The van der Waals surface area contributed by atoms with E-state index in [-0.39, 0.29) is 0 Å². The maximum atomic E-state index is 2.34. The summed E-state index contributed by atoms with van der Waals surface area (Å²) >= 11 is 1.48. The van der Waals surface area contributed by atoms with E-state index in [0.717, 1.165) is 3.43 Å². The summed E-state index contributed by atoms with van der Waals surface area (Å²) in [5, 5.41) is 0. The van der Waals surface area contributed by atoms with Crippen LogP contribution in [0.4, 0.5) is 0 Å². The molecule has 0 heterocycles. The Morgan fingerprint density at radius 3 is 1.54 bits per heavy atom. The standard InChI is InChI=1S/C12H25.Sn.H/c1-4-7-10-12(9-6-3)11-8-5-2;;/h4-11H2,1-3H3;;. The van der Waals surface area contributed by atoms with Gasteiger partial charge in [-0.15, -0.1) is 0 Å². The number of unbranched alkanes of at least 4 members (excludes halogenated alkanes) is 2. The monoisotopic (exact) mass is 290 g/mol. The second-order valence-electron chi connectivity index (χ2n) is 4.32. The van der Waals surface area contributed by atoms with E-state index in [1.54, 1.807) is 0 Å². The van der Waals surface area contributed by atoms with Crippen molar-refractivity contribution in [3.05, 3.63) is 0 Å². The van der Waals surface area contributed by atoms with Crippen molar-refractivity contribution in [1.82, 2.24) is 0 Å². The molecule has 0 aliphatic carbocycles. The van der Waals surface area contributed by atoms with Crippen LogP contribution in [0.5, 0.6) is 0 Å². The molecule has 0 N–H and O–H groups in total.